The molecule has 43 heavy (non-hydrogen) atoms. The Kier molecular flexibility index (Phi) is 11.0. The number of aromatic nitrogens is 6. The van der Waals surface area contributed by atoms with Crippen LogP contribution in [0.1, 0.15) is 17.5 Å². The van der Waals surface area contributed by atoms with E-state index >= 15 is 0 Å². The van der Waals surface area contributed by atoms with Crippen molar-refractivity contribution < 1.29 is 0 Å². The summed E-state index contributed by atoms with van der Waals surface area (Å²) in [5.74, 6) is 9.98. The molecule has 3 N–H and O–H groups in total. The van der Waals surface area contributed by atoms with Crippen LogP contribution in [0, 0.1) is 0 Å². The van der Waals surface area contributed by atoms with Crippen LogP contribution in [-0.4, -0.2) is 89.0 Å². The minimum atomic E-state index is 0.981. The van der Waals surface area contributed by atoms with Crippen molar-refractivity contribution in [3.8, 4) is 0 Å². The van der Waals surface area contributed by atoms with Crippen molar-refractivity contribution in [3.63, 3.8) is 0 Å². The van der Waals surface area contributed by atoms with Gasteiger partial charge in [0.25, 0.3) is 0 Å². The molecule has 0 bridgehead atoms. The molecule has 0 aliphatic carbocycles. The van der Waals surface area contributed by atoms with Crippen LogP contribution in [0.15, 0.2) is 72.8 Å². The molecule has 0 aliphatic rings. The summed E-state index contributed by atoms with van der Waals surface area (Å²) >= 11 is 6.10. The summed E-state index contributed by atoms with van der Waals surface area (Å²) in [5, 5.41) is 0. The average molecular weight is 630 g/mol. The topological polar surface area (TPSA) is 89.3 Å². The van der Waals surface area contributed by atoms with Crippen LogP contribution in [0.25, 0.3) is 33.1 Å². The number of hydrogen-bond acceptors (Lipinski definition) is 7. The standard InChI is InChI=1S/C33H39N7S3/c1-2-8-26-25(7-1)34-31(35-26)13-19-41-22-16-40(17-23-42-20-14-32-36-27-9-3-4-10-28(27)37-32)18-24-43-21-15-33-38-29-11-5-6-12-30(29)39-33/h1-12H,13-24H2,(H,34,35)(H,36,37)(H,38,39). The van der Waals surface area contributed by atoms with E-state index in [0.29, 0.717) is 0 Å². The van der Waals surface area contributed by atoms with Gasteiger partial charge in [0, 0.05) is 73.4 Å². The number of aryl methyl sites for hydroxylation is 3. The maximum absolute atomic E-state index is 4.73. The van der Waals surface area contributed by atoms with E-state index in [4.69, 9.17) is 15.0 Å². The van der Waals surface area contributed by atoms with Crippen LogP contribution < -0.4 is 0 Å². The molecule has 0 fully saturated rings. The average Bonchev–Trinajstić information content (AvgIpc) is 3.75. The maximum atomic E-state index is 4.73. The van der Waals surface area contributed by atoms with Crippen LogP contribution in [0.5, 0.6) is 0 Å². The van der Waals surface area contributed by atoms with Crippen LogP contribution >= 0.6 is 35.3 Å². The van der Waals surface area contributed by atoms with Gasteiger partial charge in [-0.3, -0.25) is 0 Å². The van der Waals surface area contributed by atoms with Gasteiger partial charge in [0.15, 0.2) is 0 Å². The van der Waals surface area contributed by atoms with Crippen molar-refractivity contribution in [1.82, 2.24) is 34.8 Å². The lowest BCUT2D eigenvalue weighted by atomic mass is 10.3. The van der Waals surface area contributed by atoms with Crippen LogP contribution in [0.2, 0.25) is 0 Å². The fraction of sp³-hybridized carbons (Fsp3) is 0.364. The number of nitrogens with one attached hydrogen (secondary N) is 3. The lowest BCUT2D eigenvalue weighted by Gasteiger charge is -2.22. The van der Waals surface area contributed by atoms with Crippen LogP contribution in [-0.2, 0) is 19.3 Å². The maximum Gasteiger partial charge on any atom is 0.108 e. The number of nitrogens with zero attached hydrogens (tertiary/aromatic N) is 4. The molecule has 0 amide bonds. The van der Waals surface area contributed by atoms with E-state index in [0.717, 1.165) is 124 Å². The highest BCUT2D eigenvalue weighted by Gasteiger charge is 2.08. The molecule has 0 saturated heterocycles. The Morgan fingerprint density at radius 2 is 0.767 bits per heavy atom. The Balaban J connectivity index is 0.913. The molecule has 3 heterocycles. The van der Waals surface area contributed by atoms with E-state index in [2.05, 4.69) is 74.4 Å². The van der Waals surface area contributed by atoms with Gasteiger partial charge in [0.1, 0.15) is 17.5 Å². The minimum Gasteiger partial charge on any atom is -0.342 e. The second-order valence-corrected chi connectivity index (χ2v) is 14.2. The van der Waals surface area contributed by atoms with Crippen molar-refractivity contribution in [1.29, 1.82) is 0 Å². The summed E-state index contributed by atoms with van der Waals surface area (Å²) in [6, 6.07) is 24.8. The first-order valence-electron chi connectivity index (χ1n) is 15.1. The zero-order chi connectivity index (χ0) is 29.1. The first-order chi connectivity index (χ1) is 21.3. The van der Waals surface area contributed by atoms with Crippen molar-refractivity contribution in [2.75, 3.05) is 54.2 Å². The van der Waals surface area contributed by atoms with Gasteiger partial charge in [0.2, 0.25) is 0 Å². The molecule has 7 nitrogen and oxygen atoms in total. The van der Waals surface area contributed by atoms with E-state index in [1.165, 1.54) is 0 Å². The molecular weight excluding hydrogens is 591 g/mol. The zero-order valence-corrected chi connectivity index (χ0v) is 26.9. The van der Waals surface area contributed by atoms with E-state index in [1.54, 1.807) is 0 Å². The third kappa shape index (κ3) is 8.81. The van der Waals surface area contributed by atoms with Crippen molar-refractivity contribution in [2.45, 2.75) is 19.3 Å². The van der Waals surface area contributed by atoms with Crippen molar-refractivity contribution in [3.05, 3.63) is 90.3 Å². The number of aromatic amines is 3. The summed E-state index contributed by atoms with van der Waals surface area (Å²) in [6.07, 6.45) is 2.94. The predicted molar refractivity (Wildman–Crippen MR) is 188 cm³/mol. The van der Waals surface area contributed by atoms with E-state index < -0.39 is 0 Å². The smallest absolute Gasteiger partial charge is 0.108 e. The molecule has 224 valence electrons. The number of rotatable bonds is 18. The minimum absolute atomic E-state index is 0.981. The molecule has 0 unspecified atom stereocenters. The summed E-state index contributed by atoms with van der Waals surface area (Å²) in [4.78, 5) is 27.2. The summed E-state index contributed by atoms with van der Waals surface area (Å²) < 4.78 is 0. The van der Waals surface area contributed by atoms with Gasteiger partial charge in [0.05, 0.1) is 33.1 Å². The van der Waals surface area contributed by atoms with Gasteiger partial charge in [-0.25, -0.2) is 15.0 Å². The number of fused-ring (bicyclic) bond motifs is 3. The number of imidazole rings is 3. The molecule has 10 heteroatoms. The highest BCUT2D eigenvalue weighted by Crippen LogP contribution is 2.16. The fourth-order valence-electron chi connectivity index (χ4n) is 5.10. The Morgan fingerprint density at radius 1 is 0.442 bits per heavy atom. The van der Waals surface area contributed by atoms with Gasteiger partial charge in [-0.05, 0) is 36.4 Å². The second kappa shape index (κ2) is 15.7. The molecule has 6 aromatic rings. The Morgan fingerprint density at radius 3 is 1.09 bits per heavy atom. The van der Waals surface area contributed by atoms with Crippen molar-refractivity contribution in [2.24, 2.45) is 0 Å². The first-order valence-corrected chi connectivity index (χ1v) is 18.5. The monoisotopic (exact) mass is 629 g/mol. The molecule has 6 rings (SSSR count). The third-order valence-electron chi connectivity index (χ3n) is 7.42. The Bertz CT molecular complexity index is 1410. The lowest BCUT2D eigenvalue weighted by molar-refractivity contribution is 0.329. The number of benzene rings is 3. The molecule has 0 spiro atoms. The normalized spacial score (nSPS) is 11.9. The fourth-order valence-corrected chi connectivity index (χ4v) is 7.89. The van der Waals surface area contributed by atoms with Gasteiger partial charge < -0.3 is 19.9 Å². The quantitative estimate of drug-likeness (QED) is 0.0897. The van der Waals surface area contributed by atoms with Crippen molar-refractivity contribution >= 4 is 68.4 Å². The lowest BCUT2D eigenvalue weighted by Crippen LogP contribution is -2.31. The second-order valence-electron chi connectivity index (χ2n) is 10.5. The molecule has 0 radical (unpaired) electrons. The number of hydrogen-bond donors (Lipinski definition) is 3. The molecule has 0 atom stereocenters. The summed E-state index contributed by atoms with van der Waals surface area (Å²) in [5.41, 5.74) is 6.57. The number of H-pyrrole nitrogens is 3. The SMILES string of the molecule is c1ccc2[nH]c(CCSCCN(CCSCCc3nc4ccccc4[nH]3)CCSCCc3nc4ccccc4[nH]3)nc2c1. The number of thioether (sulfide) groups is 3. The van der Waals surface area contributed by atoms with Gasteiger partial charge in [-0.15, -0.1) is 0 Å². The Hall–Kier alpha value is -2.92. The Labute approximate surface area is 265 Å². The third-order valence-corrected chi connectivity index (χ3v) is 10.3. The predicted octanol–water partition coefficient (Wildman–Crippen LogP) is 6.85. The van der Waals surface area contributed by atoms with E-state index in [1.807, 2.05) is 53.5 Å². The largest absolute Gasteiger partial charge is 0.342 e. The van der Waals surface area contributed by atoms with Crippen LogP contribution in [0.4, 0.5) is 0 Å². The highest BCUT2D eigenvalue weighted by atomic mass is 32.2. The van der Waals surface area contributed by atoms with Crippen LogP contribution in [0.3, 0.4) is 0 Å². The zero-order valence-electron chi connectivity index (χ0n) is 24.4. The van der Waals surface area contributed by atoms with E-state index in [-0.39, 0.29) is 0 Å². The first kappa shape index (κ1) is 30.1. The van der Waals surface area contributed by atoms with Gasteiger partial charge in [-0.2, -0.15) is 35.3 Å². The molecule has 3 aromatic heterocycles. The molecular formula is C33H39N7S3. The van der Waals surface area contributed by atoms with Gasteiger partial charge in [-0.1, -0.05) is 36.4 Å². The highest BCUT2D eigenvalue weighted by molar-refractivity contribution is 7.99. The molecule has 3 aromatic carbocycles. The van der Waals surface area contributed by atoms with Gasteiger partial charge >= 0.3 is 0 Å². The summed E-state index contributed by atoms with van der Waals surface area (Å²) in [7, 11) is 0. The number of para-hydroxylation sites is 6. The molecule has 0 saturated carbocycles. The summed E-state index contributed by atoms with van der Waals surface area (Å²) in [6.45, 7) is 3.37. The molecule has 0 aliphatic heterocycles. The van der Waals surface area contributed by atoms with E-state index in [9.17, 15) is 0 Å².